The van der Waals surface area contributed by atoms with E-state index >= 15 is 0 Å². The van der Waals surface area contributed by atoms with Gasteiger partial charge in [0.2, 0.25) is 0 Å². The van der Waals surface area contributed by atoms with Gasteiger partial charge < -0.3 is 14.6 Å². The lowest BCUT2D eigenvalue weighted by molar-refractivity contribution is 0.594. The maximum absolute atomic E-state index is 6.24. The van der Waals surface area contributed by atoms with E-state index in [4.69, 9.17) is 4.42 Å². The van der Waals surface area contributed by atoms with E-state index in [0.29, 0.717) is 6.04 Å². The molecule has 31 heavy (non-hydrogen) atoms. The highest BCUT2D eigenvalue weighted by molar-refractivity contribution is 5.89. The smallest absolute Gasteiger partial charge is 0.154 e. The summed E-state index contributed by atoms with van der Waals surface area (Å²) < 4.78 is 6.24. The van der Waals surface area contributed by atoms with Gasteiger partial charge in [0.1, 0.15) is 5.58 Å². The molecule has 7 rings (SSSR count). The molecule has 1 unspecified atom stereocenters. The summed E-state index contributed by atoms with van der Waals surface area (Å²) in [5.74, 6) is 0.985. The second-order valence-electron chi connectivity index (χ2n) is 8.51. The fourth-order valence-electron chi connectivity index (χ4n) is 5.49. The summed E-state index contributed by atoms with van der Waals surface area (Å²) in [4.78, 5) is 2.52. The summed E-state index contributed by atoms with van der Waals surface area (Å²) in [6.45, 7) is 0. The molecule has 1 aromatic heterocycles. The molecule has 2 heterocycles. The van der Waals surface area contributed by atoms with Crippen LogP contribution in [0.3, 0.4) is 0 Å². The Morgan fingerprint density at radius 3 is 2.68 bits per heavy atom. The van der Waals surface area contributed by atoms with Gasteiger partial charge in [-0.15, -0.1) is 0 Å². The van der Waals surface area contributed by atoms with Crippen molar-refractivity contribution in [3.63, 3.8) is 0 Å². The second kappa shape index (κ2) is 6.39. The molecular weight excluding hydrogens is 380 g/mol. The number of fused-ring (bicyclic) bond motifs is 5. The Balaban J connectivity index is 1.28. The summed E-state index contributed by atoms with van der Waals surface area (Å²) in [6, 6.07) is 19.5. The van der Waals surface area contributed by atoms with Gasteiger partial charge in [0, 0.05) is 16.6 Å². The number of hydrogen-bond donors (Lipinski definition) is 1. The Kier molecular flexibility index (Phi) is 3.50. The molecule has 3 aromatic rings. The highest BCUT2D eigenvalue weighted by atomic mass is 16.3. The lowest BCUT2D eigenvalue weighted by atomic mass is 9.94. The third-order valence-electron chi connectivity index (χ3n) is 6.84. The van der Waals surface area contributed by atoms with E-state index in [2.05, 4.69) is 89.1 Å². The van der Waals surface area contributed by atoms with Crippen molar-refractivity contribution in [2.45, 2.75) is 25.3 Å². The number of hydrogen-bond acceptors (Lipinski definition) is 3. The average Bonchev–Trinajstić information content (AvgIpc) is 3.56. The van der Waals surface area contributed by atoms with Gasteiger partial charge in [-0.3, -0.25) is 0 Å². The Hall–Kier alpha value is -3.72. The number of nitrogens with zero attached hydrogens (tertiary/aromatic N) is 1. The van der Waals surface area contributed by atoms with Crippen LogP contribution in [-0.4, -0.2) is 6.04 Å². The minimum Gasteiger partial charge on any atom is -0.454 e. The van der Waals surface area contributed by atoms with Crippen molar-refractivity contribution < 1.29 is 4.42 Å². The molecular formula is C28H22N2O. The predicted molar refractivity (Wildman–Crippen MR) is 125 cm³/mol. The number of rotatable bonds is 3. The van der Waals surface area contributed by atoms with Gasteiger partial charge in [-0.25, -0.2) is 0 Å². The molecule has 0 saturated carbocycles. The first-order chi connectivity index (χ1) is 15.4. The summed E-state index contributed by atoms with van der Waals surface area (Å²) in [6.07, 6.45) is 14.3. The molecule has 4 aliphatic rings. The van der Waals surface area contributed by atoms with Crippen LogP contribution in [0.2, 0.25) is 0 Å². The van der Waals surface area contributed by atoms with E-state index in [-0.39, 0.29) is 0 Å². The minimum absolute atomic E-state index is 0.377. The van der Waals surface area contributed by atoms with Crippen LogP contribution < -0.4 is 10.2 Å². The number of anilines is 1. The Bertz CT molecular complexity index is 1380. The lowest BCUT2D eigenvalue weighted by Crippen LogP contribution is -2.33. The highest BCUT2D eigenvalue weighted by Gasteiger charge is 2.40. The van der Waals surface area contributed by atoms with E-state index < -0.39 is 0 Å². The largest absolute Gasteiger partial charge is 0.454 e. The number of nitrogens with one attached hydrogen (secondary N) is 1. The molecule has 2 aromatic carbocycles. The molecule has 1 N–H and O–H groups in total. The van der Waals surface area contributed by atoms with Crippen LogP contribution in [0, 0.1) is 0 Å². The third-order valence-corrected chi connectivity index (χ3v) is 6.84. The first-order valence-corrected chi connectivity index (χ1v) is 11.0. The van der Waals surface area contributed by atoms with Crippen LogP contribution in [-0.2, 0) is 6.42 Å². The summed E-state index contributed by atoms with van der Waals surface area (Å²) in [7, 11) is 0. The SMILES string of the molecule is C1=CCC2C(=C1)C1=C(C(NC3=CCc4c3oc3ccccc43)=CC1)N2c1ccccc1. The summed E-state index contributed by atoms with van der Waals surface area (Å²) in [5, 5.41) is 4.98. The molecule has 0 amide bonds. The van der Waals surface area contributed by atoms with Crippen molar-refractivity contribution in [2.24, 2.45) is 0 Å². The molecule has 0 radical (unpaired) electrons. The zero-order valence-corrected chi connectivity index (χ0v) is 17.1. The summed E-state index contributed by atoms with van der Waals surface area (Å²) >= 11 is 0. The number of para-hydroxylation sites is 2. The quantitative estimate of drug-likeness (QED) is 0.562. The minimum atomic E-state index is 0.377. The fraction of sp³-hybridized carbons (Fsp3) is 0.143. The molecule has 150 valence electrons. The monoisotopic (exact) mass is 402 g/mol. The van der Waals surface area contributed by atoms with Crippen molar-refractivity contribution in [2.75, 3.05) is 4.90 Å². The Morgan fingerprint density at radius 1 is 0.903 bits per heavy atom. The molecule has 0 saturated heterocycles. The normalized spacial score (nSPS) is 21.1. The first-order valence-electron chi connectivity index (χ1n) is 11.0. The van der Waals surface area contributed by atoms with Crippen LogP contribution in [0.25, 0.3) is 16.7 Å². The molecule has 0 fully saturated rings. The zero-order chi connectivity index (χ0) is 20.4. The van der Waals surface area contributed by atoms with Gasteiger partial charge in [-0.2, -0.15) is 0 Å². The van der Waals surface area contributed by atoms with Crippen molar-refractivity contribution >= 4 is 22.4 Å². The third kappa shape index (κ3) is 2.40. The van der Waals surface area contributed by atoms with Crippen molar-refractivity contribution in [3.05, 3.63) is 119 Å². The number of benzene rings is 2. The fourth-order valence-corrected chi connectivity index (χ4v) is 5.49. The van der Waals surface area contributed by atoms with Gasteiger partial charge >= 0.3 is 0 Å². The van der Waals surface area contributed by atoms with E-state index in [0.717, 1.165) is 36.3 Å². The molecule has 0 bridgehead atoms. The van der Waals surface area contributed by atoms with Crippen LogP contribution >= 0.6 is 0 Å². The van der Waals surface area contributed by atoms with Gasteiger partial charge in [0.25, 0.3) is 0 Å². The van der Waals surface area contributed by atoms with E-state index in [1.807, 2.05) is 6.07 Å². The first kappa shape index (κ1) is 17.0. The van der Waals surface area contributed by atoms with E-state index in [9.17, 15) is 0 Å². The maximum Gasteiger partial charge on any atom is 0.154 e. The highest BCUT2D eigenvalue weighted by Crippen LogP contribution is 2.48. The van der Waals surface area contributed by atoms with Gasteiger partial charge in [-0.05, 0) is 48.6 Å². The Labute approximate surface area is 181 Å². The lowest BCUT2D eigenvalue weighted by Gasteiger charge is -2.32. The number of furan rings is 1. The molecule has 1 atom stereocenters. The predicted octanol–water partition coefficient (Wildman–Crippen LogP) is 6.24. The average molecular weight is 402 g/mol. The van der Waals surface area contributed by atoms with Gasteiger partial charge in [-0.1, -0.05) is 66.8 Å². The topological polar surface area (TPSA) is 28.4 Å². The molecule has 3 heteroatoms. The molecule has 1 aliphatic heterocycles. The van der Waals surface area contributed by atoms with Crippen LogP contribution in [0.4, 0.5) is 5.69 Å². The molecule has 0 spiro atoms. The number of allylic oxidation sites excluding steroid dienone is 4. The van der Waals surface area contributed by atoms with Crippen molar-refractivity contribution in [1.29, 1.82) is 0 Å². The van der Waals surface area contributed by atoms with Crippen molar-refractivity contribution in [1.82, 2.24) is 5.32 Å². The van der Waals surface area contributed by atoms with Crippen molar-refractivity contribution in [3.8, 4) is 0 Å². The van der Waals surface area contributed by atoms with Gasteiger partial charge in [0.05, 0.1) is 23.1 Å². The van der Waals surface area contributed by atoms with Gasteiger partial charge in [0.15, 0.2) is 5.76 Å². The zero-order valence-electron chi connectivity index (χ0n) is 17.1. The van der Waals surface area contributed by atoms with Crippen LogP contribution in [0.1, 0.15) is 24.2 Å². The second-order valence-corrected chi connectivity index (χ2v) is 8.51. The Morgan fingerprint density at radius 2 is 1.74 bits per heavy atom. The maximum atomic E-state index is 6.24. The van der Waals surface area contributed by atoms with E-state index in [1.165, 1.54) is 39.2 Å². The van der Waals surface area contributed by atoms with Crippen LogP contribution in [0.15, 0.2) is 112 Å². The molecule has 3 aliphatic carbocycles. The molecule has 3 nitrogen and oxygen atoms in total. The standard InChI is InChI=1S/C28H22N2O/c1-2-8-18(9-3-1)30-25-12-6-4-10-19(25)21-14-16-23(27(21)30)29-24-17-15-22-20-11-5-7-13-26(20)31-28(22)24/h1-11,13,16-17,25,29H,12,14-15H2. The van der Waals surface area contributed by atoms with Crippen LogP contribution in [0.5, 0.6) is 0 Å². The summed E-state index contributed by atoms with van der Waals surface area (Å²) in [5.41, 5.74) is 10.0. The van der Waals surface area contributed by atoms with E-state index in [1.54, 1.807) is 0 Å².